The number of benzene rings is 3. The number of fused-ring (bicyclic) bond motifs is 1. The van der Waals surface area contributed by atoms with Gasteiger partial charge >= 0.3 is 17.3 Å². The molecule has 0 radical (unpaired) electrons. The van der Waals surface area contributed by atoms with E-state index in [0.29, 0.717) is 5.56 Å². The molecular formula is C37H38F3N3O9S3. The van der Waals surface area contributed by atoms with Crippen molar-refractivity contribution < 1.29 is 53.6 Å². The quantitative estimate of drug-likeness (QED) is 0.0852. The lowest BCUT2D eigenvalue weighted by molar-refractivity contribution is -0.153. The molecule has 0 saturated carbocycles. The molecule has 5 aromatic rings. The number of rotatable bonds is 15. The summed E-state index contributed by atoms with van der Waals surface area (Å²) in [6.45, 7) is 5.82. The van der Waals surface area contributed by atoms with E-state index in [1.54, 1.807) is 44.2 Å². The van der Waals surface area contributed by atoms with Crippen LogP contribution in [0.2, 0.25) is 0 Å². The van der Waals surface area contributed by atoms with E-state index in [-0.39, 0.29) is 60.1 Å². The molecule has 0 saturated heterocycles. The van der Waals surface area contributed by atoms with E-state index in [0.717, 1.165) is 9.54 Å². The monoisotopic (exact) mass is 821 g/mol. The number of para-hydroxylation sites is 2. The second kappa shape index (κ2) is 16.6. The Hall–Kier alpha value is -4.65. The Morgan fingerprint density at radius 3 is 2.33 bits per heavy atom. The van der Waals surface area contributed by atoms with Crippen LogP contribution in [0.3, 0.4) is 0 Å². The molecule has 0 N–H and O–H groups in total. The highest BCUT2D eigenvalue weighted by Crippen LogP contribution is 2.36. The molecule has 0 fully saturated rings. The molecule has 0 spiro atoms. The topological polar surface area (TPSA) is 167 Å². The zero-order valence-corrected chi connectivity index (χ0v) is 32.9. The maximum Gasteiger partial charge on any atom is 0.422 e. The van der Waals surface area contributed by atoms with E-state index >= 15 is 0 Å². The van der Waals surface area contributed by atoms with E-state index in [9.17, 15) is 39.4 Å². The number of halogens is 3. The second-order valence-electron chi connectivity index (χ2n) is 12.9. The smallest absolute Gasteiger partial charge is 0.422 e. The van der Waals surface area contributed by atoms with E-state index < -0.39 is 74.7 Å². The Morgan fingerprint density at radius 2 is 1.65 bits per heavy atom. The summed E-state index contributed by atoms with van der Waals surface area (Å²) in [6.07, 6.45) is -3.37. The molecule has 55 heavy (non-hydrogen) atoms. The molecule has 0 bridgehead atoms. The number of nitrogens with zero attached hydrogens (tertiary/aromatic N) is 3. The molecule has 0 amide bonds. The third-order valence-corrected chi connectivity index (χ3v) is 13.3. The first kappa shape index (κ1) is 41.5. The van der Waals surface area contributed by atoms with Crippen LogP contribution in [0, 0.1) is 20.8 Å². The number of carbonyl (C=O) groups is 1. The van der Waals surface area contributed by atoms with Crippen molar-refractivity contribution in [2.75, 3.05) is 25.6 Å². The first-order valence-electron chi connectivity index (χ1n) is 16.8. The van der Waals surface area contributed by atoms with Gasteiger partial charge in [-0.15, -0.1) is 0 Å². The molecule has 12 nitrogen and oxygen atoms in total. The fourth-order valence-corrected chi connectivity index (χ4v) is 10.3. The van der Waals surface area contributed by atoms with E-state index in [1.807, 2.05) is 6.92 Å². The van der Waals surface area contributed by atoms with Crippen molar-refractivity contribution in [2.45, 2.75) is 67.4 Å². The highest BCUT2D eigenvalue weighted by Gasteiger charge is 2.35. The fourth-order valence-electron chi connectivity index (χ4n) is 5.60. The number of alkyl halides is 3. The highest BCUT2D eigenvalue weighted by molar-refractivity contribution is 7.93. The number of hydrogen-bond acceptors (Lipinski definition) is 11. The number of aromatic nitrogens is 3. The summed E-state index contributed by atoms with van der Waals surface area (Å²) in [7, 11) is -8.24. The minimum absolute atomic E-state index is 0.106. The van der Waals surface area contributed by atoms with Crippen molar-refractivity contribution in [3.63, 3.8) is 0 Å². The Balaban J connectivity index is 1.39. The van der Waals surface area contributed by atoms with Gasteiger partial charge < -0.3 is 18.8 Å². The summed E-state index contributed by atoms with van der Waals surface area (Å²) in [5, 5.41) is -0.328. The van der Waals surface area contributed by atoms with Crippen LogP contribution < -0.4 is 9.47 Å². The molecule has 2 aromatic heterocycles. The summed E-state index contributed by atoms with van der Waals surface area (Å²) >= 11 is -2.18. The summed E-state index contributed by atoms with van der Waals surface area (Å²) in [4.78, 5) is 21.1. The Bertz CT molecular complexity index is 2420. The lowest BCUT2D eigenvalue weighted by atomic mass is 10.0. The molecular weight excluding hydrogens is 784 g/mol. The molecule has 1 atom stereocenters. The van der Waals surface area contributed by atoms with Gasteiger partial charge in [-0.05, 0) is 80.3 Å². The molecule has 18 heteroatoms. The number of sulfone groups is 1. The zero-order chi connectivity index (χ0) is 40.3. The van der Waals surface area contributed by atoms with Gasteiger partial charge in [0.1, 0.15) is 18.1 Å². The predicted molar refractivity (Wildman–Crippen MR) is 198 cm³/mol. The summed E-state index contributed by atoms with van der Waals surface area (Å²) in [5.74, 6) is -2.01. The number of esters is 1. The first-order valence-corrected chi connectivity index (χ1v) is 21.2. The van der Waals surface area contributed by atoms with Gasteiger partial charge in [0, 0.05) is 22.9 Å². The molecule has 1 unspecified atom stereocenters. The second-order valence-corrected chi connectivity index (χ2v) is 18.1. The van der Waals surface area contributed by atoms with Crippen molar-refractivity contribution in [1.82, 2.24) is 13.9 Å². The normalized spacial score (nSPS) is 12.9. The van der Waals surface area contributed by atoms with Gasteiger partial charge in [-0.1, -0.05) is 43.7 Å². The van der Waals surface area contributed by atoms with E-state index in [4.69, 9.17) is 14.2 Å². The zero-order valence-electron chi connectivity index (χ0n) is 30.4. The van der Waals surface area contributed by atoms with Gasteiger partial charge in [-0.3, -0.25) is 4.98 Å². The first-order chi connectivity index (χ1) is 25.8. The average molecular weight is 822 g/mol. The van der Waals surface area contributed by atoms with Gasteiger partial charge in [-0.2, -0.15) is 22.1 Å². The predicted octanol–water partition coefficient (Wildman–Crippen LogP) is 6.36. The SMILES string of the molecule is Cc1ccc(S(=O)(=O)CCOC(=O)COc2cc(C)c(S(=O)(=O)n3c([S+]([O-])Cc4nccc(OCC(F)(F)F)c4C)nc4ccccc43)c(C(C)C)c2)cc1. The van der Waals surface area contributed by atoms with E-state index in [2.05, 4.69) is 9.97 Å². The molecule has 0 aliphatic heterocycles. The van der Waals surface area contributed by atoms with Crippen LogP contribution in [0.25, 0.3) is 11.0 Å². The van der Waals surface area contributed by atoms with Gasteiger partial charge in [0.05, 0.1) is 32.3 Å². The van der Waals surface area contributed by atoms with Crippen molar-refractivity contribution in [3.8, 4) is 11.5 Å². The number of ether oxygens (including phenoxy) is 3. The minimum Gasteiger partial charge on any atom is -0.609 e. The van der Waals surface area contributed by atoms with Crippen LogP contribution in [0.4, 0.5) is 13.2 Å². The van der Waals surface area contributed by atoms with Crippen molar-refractivity contribution in [2.24, 2.45) is 0 Å². The molecule has 2 heterocycles. The van der Waals surface area contributed by atoms with Crippen LogP contribution in [0.1, 0.15) is 47.7 Å². The van der Waals surface area contributed by atoms with Crippen LogP contribution in [-0.4, -0.2) is 73.0 Å². The van der Waals surface area contributed by atoms with Crippen LogP contribution in [0.5, 0.6) is 11.5 Å². The lowest BCUT2D eigenvalue weighted by Gasteiger charge is -2.20. The highest BCUT2D eigenvalue weighted by atomic mass is 32.2. The van der Waals surface area contributed by atoms with Gasteiger partial charge in [0.25, 0.3) is 10.0 Å². The maximum absolute atomic E-state index is 14.7. The van der Waals surface area contributed by atoms with Gasteiger partial charge in [0.15, 0.2) is 28.8 Å². The molecule has 294 valence electrons. The Kier molecular flexibility index (Phi) is 12.5. The Labute approximate surface area is 319 Å². The fraction of sp³-hybridized carbons (Fsp3) is 0.324. The number of pyridine rings is 1. The van der Waals surface area contributed by atoms with Crippen LogP contribution in [-0.2, 0) is 46.3 Å². The summed E-state index contributed by atoms with van der Waals surface area (Å²) < 4.78 is 124. The standard InChI is InChI=1S/C37H38F3N3O9S3/c1-23(2)29-19-27(51-20-34(44)50-16-17-54(46,47)28-12-10-24(3)11-13-28)18-25(4)35(29)55(48,49)43-32-9-7-6-8-30(32)42-36(43)53(45)21-31-26(5)33(14-15-41-31)52-22-37(38,39)40/h6-15,18-19,23H,16-17,20-22H2,1-5H3. The molecule has 0 aliphatic rings. The van der Waals surface area contributed by atoms with Crippen molar-refractivity contribution >= 4 is 48.0 Å². The summed E-state index contributed by atoms with van der Waals surface area (Å²) in [5.41, 5.74) is 2.15. The van der Waals surface area contributed by atoms with Gasteiger partial charge in [0.2, 0.25) is 0 Å². The third kappa shape index (κ3) is 9.78. The summed E-state index contributed by atoms with van der Waals surface area (Å²) in [6, 6.07) is 16.7. The molecule has 0 aliphatic carbocycles. The number of aryl methyl sites for hydroxylation is 2. The maximum atomic E-state index is 14.7. The van der Waals surface area contributed by atoms with Crippen molar-refractivity contribution in [3.05, 3.63) is 101 Å². The largest absolute Gasteiger partial charge is 0.609 e. The Morgan fingerprint density at radius 1 is 0.964 bits per heavy atom. The third-order valence-electron chi connectivity index (χ3n) is 8.36. The van der Waals surface area contributed by atoms with Crippen molar-refractivity contribution in [1.29, 1.82) is 0 Å². The number of imidazole rings is 1. The van der Waals surface area contributed by atoms with Crippen LogP contribution >= 0.6 is 0 Å². The molecule has 5 rings (SSSR count). The molecule has 3 aromatic carbocycles. The minimum atomic E-state index is -4.59. The lowest BCUT2D eigenvalue weighted by Crippen LogP contribution is -2.23. The van der Waals surface area contributed by atoms with Gasteiger partial charge in [-0.25, -0.2) is 21.6 Å². The average Bonchev–Trinajstić information content (AvgIpc) is 3.51. The van der Waals surface area contributed by atoms with Crippen LogP contribution in [0.15, 0.2) is 87.9 Å². The van der Waals surface area contributed by atoms with E-state index in [1.165, 1.54) is 56.4 Å². The number of hydrogen-bond donors (Lipinski definition) is 0. The number of carbonyl (C=O) groups excluding carboxylic acids is 1.